The Morgan fingerprint density at radius 2 is 1.62 bits per heavy atom. The van der Waals surface area contributed by atoms with Crippen LogP contribution >= 0.6 is 0 Å². The van der Waals surface area contributed by atoms with Crippen LogP contribution in [-0.2, 0) is 6.42 Å². The van der Waals surface area contributed by atoms with E-state index in [2.05, 4.69) is 26.0 Å². The van der Waals surface area contributed by atoms with Crippen molar-refractivity contribution >= 4 is 0 Å². The van der Waals surface area contributed by atoms with Crippen LogP contribution in [0.2, 0.25) is 0 Å². The lowest BCUT2D eigenvalue weighted by Gasteiger charge is -2.06. The van der Waals surface area contributed by atoms with Crippen molar-refractivity contribution in [1.82, 2.24) is 9.78 Å². The Morgan fingerprint density at radius 3 is 2.29 bits per heavy atom. The van der Waals surface area contributed by atoms with Gasteiger partial charge in [0.1, 0.15) is 5.69 Å². The lowest BCUT2D eigenvalue weighted by atomic mass is 10.00. The Balaban J connectivity index is 2.20. The second kappa shape index (κ2) is 6.91. The predicted octanol–water partition coefficient (Wildman–Crippen LogP) is 5.20. The van der Waals surface area contributed by atoms with Gasteiger partial charge in [-0.3, -0.25) is 0 Å². The summed E-state index contributed by atoms with van der Waals surface area (Å²) in [5, 5.41) is 15.7. The molecule has 24 heavy (non-hydrogen) atoms. The van der Waals surface area contributed by atoms with Gasteiger partial charge in [0, 0.05) is 11.1 Å². The summed E-state index contributed by atoms with van der Waals surface area (Å²) >= 11 is 0. The Labute approximate surface area is 143 Å². The molecule has 2 aromatic carbocycles. The van der Waals surface area contributed by atoms with Crippen LogP contribution in [0.3, 0.4) is 0 Å². The Kier molecular flexibility index (Phi) is 4.70. The molecular weight excluding hydrogens is 296 g/mol. The van der Waals surface area contributed by atoms with Crippen LogP contribution in [0.25, 0.3) is 16.9 Å². The molecule has 3 aromatic rings. The number of aromatic hydroxyl groups is 1. The molecular formula is C21H24N2O. The first-order valence-corrected chi connectivity index (χ1v) is 8.56. The van der Waals surface area contributed by atoms with E-state index < -0.39 is 0 Å². The molecule has 0 fully saturated rings. The number of unbranched alkanes of at least 4 members (excludes halogenated alkanes) is 1. The Bertz CT molecular complexity index is 849. The van der Waals surface area contributed by atoms with Gasteiger partial charge in [-0.1, -0.05) is 55.8 Å². The van der Waals surface area contributed by atoms with Crippen molar-refractivity contribution in [2.45, 2.75) is 40.0 Å². The third-order valence-electron chi connectivity index (χ3n) is 4.48. The average molecular weight is 320 g/mol. The van der Waals surface area contributed by atoms with Gasteiger partial charge in [0.15, 0.2) is 0 Å². The van der Waals surface area contributed by atoms with Gasteiger partial charge in [0.05, 0.1) is 5.69 Å². The summed E-state index contributed by atoms with van der Waals surface area (Å²) in [6, 6.07) is 16.2. The molecule has 0 aliphatic carbocycles. The number of aromatic nitrogens is 2. The molecule has 3 heteroatoms. The highest BCUT2D eigenvalue weighted by Crippen LogP contribution is 2.35. The van der Waals surface area contributed by atoms with Crippen molar-refractivity contribution < 1.29 is 5.11 Å². The molecule has 1 aromatic heterocycles. The van der Waals surface area contributed by atoms with Gasteiger partial charge < -0.3 is 5.11 Å². The fourth-order valence-corrected chi connectivity index (χ4v) is 3.05. The zero-order valence-corrected chi connectivity index (χ0v) is 14.6. The lowest BCUT2D eigenvalue weighted by Crippen LogP contribution is -1.98. The second-order valence-corrected chi connectivity index (χ2v) is 6.27. The monoisotopic (exact) mass is 320 g/mol. The molecule has 1 heterocycles. The summed E-state index contributed by atoms with van der Waals surface area (Å²) in [6.45, 7) is 6.29. The molecule has 0 atom stereocenters. The minimum atomic E-state index is 0.260. The first kappa shape index (κ1) is 16.3. The summed E-state index contributed by atoms with van der Waals surface area (Å²) in [4.78, 5) is 0. The Morgan fingerprint density at radius 1 is 0.958 bits per heavy atom. The quantitative estimate of drug-likeness (QED) is 0.701. The van der Waals surface area contributed by atoms with Crippen molar-refractivity contribution in [1.29, 1.82) is 0 Å². The van der Waals surface area contributed by atoms with E-state index >= 15 is 0 Å². The van der Waals surface area contributed by atoms with Crippen LogP contribution in [0.4, 0.5) is 0 Å². The smallest absolute Gasteiger partial charge is 0.218 e. The van der Waals surface area contributed by atoms with Crippen LogP contribution in [0.15, 0.2) is 48.5 Å². The molecule has 0 aliphatic rings. The lowest BCUT2D eigenvalue weighted by molar-refractivity contribution is 0.427. The van der Waals surface area contributed by atoms with Crippen LogP contribution in [-0.4, -0.2) is 14.9 Å². The van der Waals surface area contributed by atoms with Crippen LogP contribution in [0, 0.1) is 13.8 Å². The maximum atomic E-state index is 10.9. The van der Waals surface area contributed by atoms with Gasteiger partial charge in [-0.2, -0.15) is 5.10 Å². The van der Waals surface area contributed by atoms with Crippen LogP contribution < -0.4 is 0 Å². The number of aryl methyl sites for hydroxylation is 2. The molecule has 0 radical (unpaired) electrons. The van der Waals surface area contributed by atoms with E-state index in [4.69, 9.17) is 5.10 Å². The van der Waals surface area contributed by atoms with Crippen molar-refractivity contribution in [3.63, 3.8) is 0 Å². The summed E-state index contributed by atoms with van der Waals surface area (Å²) in [7, 11) is 0. The van der Waals surface area contributed by atoms with Gasteiger partial charge >= 0.3 is 0 Å². The molecule has 0 saturated heterocycles. The van der Waals surface area contributed by atoms with Gasteiger partial charge in [0.2, 0.25) is 5.88 Å². The van der Waals surface area contributed by atoms with E-state index in [9.17, 15) is 5.11 Å². The summed E-state index contributed by atoms with van der Waals surface area (Å²) in [6.07, 6.45) is 2.95. The normalized spacial score (nSPS) is 11.0. The van der Waals surface area contributed by atoms with Crippen molar-refractivity contribution in [2.75, 3.05) is 0 Å². The van der Waals surface area contributed by atoms with Gasteiger partial charge in [-0.25, -0.2) is 4.68 Å². The maximum Gasteiger partial charge on any atom is 0.218 e. The number of rotatable bonds is 5. The summed E-state index contributed by atoms with van der Waals surface area (Å²) in [5.41, 5.74) is 6.11. The zero-order chi connectivity index (χ0) is 17.1. The highest BCUT2D eigenvalue weighted by molar-refractivity contribution is 5.69. The maximum absolute atomic E-state index is 10.9. The highest BCUT2D eigenvalue weighted by Gasteiger charge is 2.20. The van der Waals surface area contributed by atoms with E-state index in [-0.39, 0.29) is 5.88 Å². The molecule has 0 amide bonds. The molecule has 0 unspecified atom stereocenters. The standard InChI is InChI=1S/C21H24N2O/c1-4-5-12-18-20(17-13-8-6-10-15(17)2)22-23(21(18)24)19-14-9-7-11-16(19)3/h6-11,13-14,24H,4-5,12H2,1-3H3. The van der Waals surface area contributed by atoms with E-state index in [1.165, 1.54) is 5.56 Å². The van der Waals surface area contributed by atoms with E-state index in [1.807, 2.05) is 43.3 Å². The molecule has 3 nitrogen and oxygen atoms in total. The van der Waals surface area contributed by atoms with Crippen LogP contribution in [0.1, 0.15) is 36.5 Å². The minimum Gasteiger partial charge on any atom is -0.493 e. The third kappa shape index (κ3) is 2.94. The van der Waals surface area contributed by atoms with Crippen molar-refractivity contribution in [3.05, 3.63) is 65.2 Å². The van der Waals surface area contributed by atoms with E-state index in [1.54, 1.807) is 4.68 Å². The zero-order valence-electron chi connectivity index (χ0n) is 14.6. The average Bonchev–Trinajstić information content (AvgIpc) is 2.90. The molecule has 0 spiro atoms. The minimum absolute atomic E-state index is 0.260. The SMILES string of the molecule is CCCCc1c(-c2ccccc2C)nn(-c2ccccc2C)c1O. The number of hydrogen-bond donors (Lipinski definition) is 1. The van der Waals surface area contributed by atoms with E-state index in [0.29, 0.717) is 0 Å². The van der Waals surface area contributed by atoms with Crippen molar-refractivity contribution in [3.8, 4) is 22.8 Å². The van der Waals surface area contributed by atoms with Gasteiger partial charge in [0.25, 0.3) is 0 Å². The molecule has 0 aliphatic heterocycles. The highest BCUT2D eigenvalue weighted by atomic mass is 16.3. The summed E-state index contributed by atoms with van der Waals surface area (Å²) < 4.78 is 1.68. The molecule has 1 N–H and O–H groups in total. The molecule has 3 rings (SSSR count). The molecule has 124 valence electrons. The number of benzene rings is 2. The topological polar surface area (TPSA) is 38.0 Å². The molecule has 0 saturated carbocycles. The first-order chi connectivity index (χ1) is 11.6. The number of nitrogens with zero attached hydrogens (tertiary/aromatic N) is 2. The molecule has 0 bridgehead atoms. The fraction of sp³-hybridized carbons (Fsp3) is 0.286. The summed E-state index contributed by atoms with van der Waals surface area (Å²) in [5.74, 6) is 0.260. The van der Waals surface area contributed by atoms with E-state index in [0.717, 1.165) is 47.3 Å². The third-order valence-corrected chi connectivity index (χ3v) is 4.48. The number of hydrogen-bond acceptors (Lipinski definition) is 2. The number of para-hydroxylation sites is 1. The second-order valence-electron chi connectivity index (χ2n) is 6.27. The fourth-order valence-electron chi connectivity index (χ4n) is 3.05. The predicted molar refractivity (Wildman–Crippen MR) is 98.8 cm³/mol. The van der Waals surface area contributed by atoms with Gasteiger partial charge in [-0.15, -0.1) is 0 Å². The first-order valence-electron chi connectivity index (χ1n) is 8.56. The van der Waals surface area contributed by atoms with Gasteiger partial charge in [-0.05, 0) is 43.9 Å². The Hall–Kier alpha value is -2.55. The van der Waals surface area contributed by atoms with Crippen LogP contribution in [0.5, 0.6) is 5.88 Å². The largest absolute Gasteiger partial charge is 0.493 e. The van der Waals surface area contributed by atoms with Crippen molar-refractivity contribution in [2.24, 2.45) is 0 Å².